The monoisotopic (exact) mass is 252 g/mol. The van der Waals surface area contributed by atoms with Crippen molar-refractivity contribution in [3.8, 4) is 0 Å². The summed E-state index contributed by atoms with van der Waals surface area (Å²) in [5.41, 5.74) is 6.75. The molecule has 2 atom stereocenters. The van der Waals surface area contributed by atoms with Gasteiger partial charge in [0, 0.05) is 6.04 Å². The van der Waals surface area contributed by atoms with Crippen LogP contribution in [0.5, 0.6) is 0 Å². The van der Waals surface area contributed by atoms with Crippen LogP contribution in [0.4, 0.5) is 0 Å². The molecule has 0 aromatic heterocycles. The van der Waals surface area contributed by atoms with Crippen molar-refractivity contribution in [1.29, 1.82) is 0 Å². The van der Waals surface area contributed by atoms with Crippen LogP contribution in [0.3, 0.4) is 0 Å². The number of thioether (sulfide) groups is 1. The molecule has 1 amide bonds. The lowest BCUT2D eigenvalue weighted by Gasteiger charge is -2.17. The van der Waals surface area contributed by atoms with Gasteiger partial charge >= 0.3 is 0 Å². The van der Waals surface area contributed by atoms with Gasteiger partial charge in [-0.3, -0.25) is 4.79 Å². The Morgan fingerprint density at radius 2 is 2.06 bits per heavy atom. The van der Waals surface area contributed by atoms with E-state index in [0.29, 0.717) is 0 Å². The number of amides is 1. The minimum absolute atomic E-state index is 0.107. The van der Waals surface area contributed by atoms with E-state index in [1.165, 1.54) is 0 Å². The Balaban J connectivity index is 2.47. The van der Waals surface area contributed by atoms with Crippen LogP contribution < -0.4 is 11.1 Å². The quantitative estimate of drug-likeness (QED) is 0.813. The molecule has 0 aliphatic heterocycles. The SMILES string of the molecule is CSCCC(C)NC(=O)C(N)c1ccccc1. The maximum absolute atomic E-state index is 11.9. The Morgan fingerprint density at radius 3 is 2.65 bits per heavy atom. The Bertz CT molecular complexity index is 343. The fourth-order valence-electron chi connectivity index (χ4n) is 1.51. The first kappa shape index (κ1) is 14.1. The Labute approximate surface area is 107 Å². The first-order valence-corrected chi connectivity index (χ1v) is 7.14. The molecule has 2 unspecified atom stereocenters. The fraction of sp³-hybridized carbons (Fsp3) is 0.462. The zero-order chi connectivity index (χ0) is 12.7. The molecule has 1 rings (SSSR count). The smallest absolute Gasteiger partial charge is 0.241 e. The van der Waals surface area contributed by atoms with E-state index in [0.717, 1.165) is 17.7 Å². The van der Waals surface area contributed by atoms with E-state index in [1.54, 1.807) is 11.8 Å². The van der Waals surface area contributed by atoms with Crippen LogP contribution in [0.15, 0.2) is 30.3 Å². The number of carbonyl (C=O) groups excluding carboxylic acids is 1. The summed E-state index contributed by atoms with van der Waals surface area (Å²) >= 11 is 1.78. The highest BCUT2D eigenvalue weighted by Gasteiger charge is 2.16. The number of nitrogens with two attached hydrogens (primary N) is 1. The van der Waals surface area contributed by atoms with Gasteiger partial charge in [-0.15, -0.1) is 0 Å². The van der Waals surface area contributed by atoms with Crippen molar-refractivity contribution in [3.05, 3.63) is 35.9 Å². The second kappa shape index (κ2) is 7.35. The predicted molar refractivity (Wildman–Crippen MR) is 74.0 cm³/mol. The molecule has 0 aliphatic rings. The number of benzene rings is 1. The molecule has 0 aliphatic carbocycles. The summed E-state index contributed by atoms with van der Waals surface area (Å²) in [5, 5.41) is 2.94. The summed E-state index contributed by atoms with van der Waals surface area (Å²) in [6.07, 6.45) is 3.03. The number of hydrogen-bond donors (Lipinski definition) is 2. The number of nitrogens with one attached hydrogen (secondary N) is 1. The third-order valence-electron chi connectivity index (χ3n) is 2.58. The van der Waals surface area contributed by atoms with Gasteiger partial charge in [-0.2, -0.15) is 11.8 Å². The third-order valence-corrected chi connectivity index (χ3v) is 3.23. The molecule has 0 radical (unpaired) electrons. The van der Waals surface area contributed by atoms with E-state index in [2.05, 4.69) is 11.6 Å². The summed E-state index contributed by atoms with van der Waals surface area (Å²) in [4.78, 5) is 11.9. The summed E-state index contributed by atoms with van der Waals surface area (Å²) in [7, 11) is 0. The van der Waals surface area contributed by atoms with E-state index in [1.807, 2.05) is 37.3 Å². The molecule has 1 aromatic rings. The van der Waals surface area contributed by atoms with Crippen LogP contribution in [0, 0.1) is 0 Å². The summed E-state index contributed by atoms with van der Waals surface area (Å²) in [6.45, 7) is 2.01. The molecular weight excluding hydrogens is 232 g/mol. The topological polar surface area (TPSA) is 55.1 Å². The highest BCUT2D eigenvalue weighted by molar-refractivity contribution is 7.98. The molecule has 1 aromatic carbocycles. The standard InChI is InChI=1S/C13H20N2OS/c1-10(8-9-17-2)15-13(16)12(14)11-6-4-3-5-7-11/h3-7,10,12H,8-9,14H2,1-2H3,(H,15,16). The molecule has 94 valence electrons. The summed E-state index contributed by atoms with van der Waals surface area (Å²) < 4.78 is 0. The molecule has 17 heavy (non-hydrogen) atoms. The van der Waals surface area contributed by atoms with E-state index >= 15 is 0 Å². The zero-order valence-corrected chi connectivity index (χ0v) is 11.2. The van der Waals surface area contributed by atoms with Crippen molar-refractivity contribution < 1.29 is 4.79 Å². The minimum Gasteiger partial charge on any atom is -0.352 e. The normalized spacial score (nSPS) is 14.1. The van der Waals surface area contributed by atoms with Crippen molar-refractivity contribution in [2.75, 3.05) is 12.0 Å². The molecule has 3 nitrogen and oxygen atoms in total. The van der Waals surface area contributed by atoms with Crippen molar-refractivity contribution in [2.24, 2.45) is 5.73 Å². The Morgan fingerprint density at radius 1 is 1.41 bits per heavy atom. The van der Waals surface area contributed by atoms with Crippen LogP contribution in [-0.2, 0) is 4.79 Å². The van der Waals surface area contributed by atoms with Crippen LogP contribution in [0.2, 0.25) is 0 Å². The maximum atomic E-state index is 11.9. The average molecular weight is 252 g/mol. The minimum atomic E-state index is -0.576. The van der Waals surface area contributed by atoms with Crippen molar-refractivity contribution in [1.82, 2.24) is 5.32 Å². The van der Waals surface area contributed by atoms with Crippen LogP contribution in [-0.4, -0.2) is 24.0 Å². The first-order valence-electron chi connectivity index (χ1n) is 5.75. The van der Waals surface area contributed by atoms with Crippen LogP contribution in [0.25, 0.3) is 0 Å². The van der Waals surface area contributed by atoms with Gasteiger partial charge in [0.2, 0.25) is 5.91 Å². The number of carbonyl (C=O) groups is 1. The number of hydrogen-bond acceptors (Lipinski definition) is 3. The predicted octanol–water partition coefficient (Wildman–Crippen LogP) is 1.94. The van der Waals surface area contributed by atoms with Crippen molar-refractivity contribution in [2.45, 2.75) is 25.4 Å². The lowest BCUT2D eigenvalue weighted by Crippen LogP contribution is -2.39. The second-order valence-corrected chi connectivity index (χ2v) is 5.07. The molecular formula is C13H20N2OS. The largest absolute Gasteiger partial charge is 0.352 e. The average Bonchev–Trinajstić information content (AvgIpc) is 2.36. The van der Waals surface area contributed by atoms with Crippen LogP contribution in [0.1, 0.15) is 24.9 Å². The zero-order valence-electron chi connectivity index (χ0n) is 10.3. The highest BCUT2D eigenvalue weighted by atomic mass is 32.2. The lowest BCUT2D eigenvalue weighted by molar-refractivity contribution is -0.123. The number of rotatable bonds is 6. The first-order chi connectivity index (χ1) is 8.15. The molecule has 0 bridgehead atoms. The summed E-state index contributed by atoms with van der Waals surface area (Å²) in [5.74, 6) is 0.937. The molecule has 0 fully saturated rings. The van der Waals surface area contributed by atoms with Gasteiger partial charge in [-0.05, 0) is 30.9 Å². The maximum Gasteiger partial charge on any atom is 0.241 e. The lowest BCUT2D eigenvalue weighted by atomic mass is 10.1. The van der Waals surface area contributed by atoms with E-state index < -0.39 is 6.04 Å². The highest BCUT2D eigenvalue weighted by Crippen LogP contribution is 2.10. The van der Waals surface area contributed by atoms with E-state index in [9.17, 15) is 4.79 Å². The molecule has 3 N–H and O–H groups in total. The van der Waals surface area contributed by atoms with Gasteiger partial charge in [-0.25, -0.2) is 0 Å². The molecule has 0 spiro atoms. The third kappa shape index (κ3) is 4.79. The van der Waals surface area contributed by atoms with Crippen LogP contribution >= 0.6 is 11.8 Å². The van der Waals surface area contributed by atoms with Gasteiger partial charge in [-0.1, -0.05) is 30.3 Å². The van der Waals surface area contributed by atoms with Crippen molar-refractivity contribution in [3.63, 3.8) is 0 Å². The molecule has 0 saturated heterocycles. The molecule has 0 heterocycles. The fourth-order valence-corrected chi connectivity index (χ4v) is 2.10. The van der Waals surface area contributed by atoms with Gasteiger partial charge in [0.15, 0.2) is 0 Å². The van der Waals surface area contributed by atoms with Gasteiger partial charge < -0.3 is 11.1 Å². The molecule has 4 heteroatoms. The summed E-state index contributed by atoms with van der Waals surface area (Å²) in [6, 6.07) is 9.03. The van der Waals surface area contributed by atoms with Gasteiger partial charge in [0.1, 0.15) is 6.04 Å². The molecule has 0 saturated carbocycles. The van der Waals surface area contributed by atoms with Gasteiger partial charge in [0.25, 0.3) is 0 Å². The Kier molecular flexibility index (Phi) is 6.08. The van der Waals surface area contributed by atoms with E-state index in [-0.39, 0.29) is 11.9 Å². The Hall–Kier alpha value is -1.00. The second-order valence-electron chi connectivity index (χ2n) is 4.08. The van der Waals surface area contributed by atoms with Crippen molar-refractivity contribution >= 4 is 17.7 Å². The van der Waals surface area contributed by atoms with E-state index in [4.69, 9.17) is 5.73 Å². The van der Waals surface area contributed by atoms with Gasteiger partial charge in [0.05, 0.1) is 0 Å².